The number of H-pyrrole nitrogens is 1. The van der Waals surface area contributed by atoms with Gasteiger partial charge in [0.2, 0.25) is 5.91 Å². The molecule has 0 aliphatic rings. The normalized spacial score (nSPS) is 12.5. The molecule has 0 radical (unpaired) electrons. The van der Waals surface area contributed by atoms with Gasteiger partial charge in [-0.25, -0.2) is 0 Å². The van der Waals surface area contributed by atoms with E-state index in [1.165, 1.54) is 11.2 Å². The Morgan fingerprint density at radius 3 is 2.77 bits per heavy atom. The maximum atomic E-state index is 11.5. The molecule has 0 saturated heterocycles. The van der Waals surface area contributed by atoms with Crippen LogP contribution in [0.1, 0.15) is 13.0 Å². The van der Waals surface area contributed by atoms with Crippen LogP contribution in [0.15, 0.2) is 6.33 Å². The van der Waals surface area contributed by atoms with Crippen LogP contribution in [0.5, 0.6) is 0 Å². The highest BCUT2D eigenvalue weighted by molar-refractivity contribution is 7.71. The van der Waals surface area contributed by atoms with Gasteiger partial charge in [0.05, 0.1) is 0 Å². The van der Waals surface area contributed by atoms with Crippen LogP contribution >= 0.6 is 12.2 Å². The standard InChI is InChI=1S/C7H12N4OS/c1-5(6(12)10(2)3)11-4-8-9-7(11)13/h4-5H,1-3H3,(H,9,13). The average molecular weight is 200 g/mol. The first-order valence-electron chi connectivity index (χ1n) is 3.86. The number of hydrogen-bond donors (Lipinski definition) is 1. The Balaban J connectivity index is 2.92. The Morgan fingerprint density at radius 1 is 1.77 bits per heavy atom. The first-order valence-corrected chi connectivity index (χ1v) is 4.27. The molecule has 0 bridgehead atoms. The van der Waals surface area contributed by atoms with Crippen LogP contribution < -0.4 is 0 Å². The monoisotopic (exact) mass is 200 g/mol. The fraction of sp³-hybridized carbons (Fsp3) is 0.571. The number of carbonyl (C=O) groups is 1. The van der Waals surface area contributed by atoms with Crippen LogP contribution in [0.3, 0.4) is 0 Å². The summed E-state index contributed by atoms with van der Waals surface area (Å²) in [5.74, 6) is -0.00231. The van der Waals surface area contributed by atoms with E-state index in [4.69, 9.17) is 12.2 Å². The zero-order valence-electron chi connectivity index (χ0n) is 7.81. The van der Waals surface area contributed by atoms with E-state index in [9.17, 15) is 4.79 Å². The highest BCUT2D eigenvalue weighted by Crippen LogP contribution is 2.07. The van der Waals surface area contributed by atoms with Gasteiger partial charge in [-0.3, -0.25) is 14.5 Å². The third-order valence-electron chi connectivity index (χ3n) is 1.79. The van der Waals surface area contributed by atoms with Crippen molar-refractivity contribution in [2.75, 3.05) is 14.1 Å². The van der Waals surface area contributed by atoms with Crippen molar-refractivity contribution in [1.29, 1.82) is 0 Å². The van der Waals surface area contributed by atoms with Crippen molar-refractivity contribution < 1.29 is 4.79 Å². The molecule has 72 valence electrons. The fourth-order valence-corrected chi connectivity index (χ4v) is 1.28. The van der Waals surface area contributed by atoms with Gasteiger partial charge in [-0.15, -0.1) is 0 Å². The molecular weight excluding hydrogens is 188 g/mol. The Hall–Kier alpha value is -1.17. The van der Waals surface area contributed by atoms with Crippen LogP contribution in [-0.2, 0) is 4.79 Å². The molecule has 0 aromatic carbocycles. The summed E-state index contributed by atoms with van der Waals surface area (Å²) in [6, 6.07) is -0.304. The van der Waals surface area contributed by atoms with E-state index in [0.717, 1.165) is 0 Å². The summed E-state index contributed by atoms with van der Waals surface area (Å²) in [6.07, 6.45) is 1.52. The van der Waals surface area contributed by atoms with E-state index in [-0.39, 0.29) is 11.9 Å². The van der Waals surface area contributed by atoms with Gasteiger partial charge in [0.25, 0.3) is 0 Å². The first-order chi connectivity index (χ1) is 6.04. The Bertz CT molecular complexity index is 353. The molecule has 0 aliphatic heterocycles. The van der Waals surface area contributed by atoms with Gasteiger partial charge >= 0.3 is 0 Å². The maximum absolute atomic E-state index is 11.5. The topological polar surface area (TPSA) is 53.9 Å². The smallest absolute Gasteiger partial charge is 0.244 e. The summed E-state index contributed by atoms with van der Waals surface area (Å²) in [5.41, 5.74) is 0. The van der Waals surface area contributed by atoms with Crippen molar-refractivity contribution in [2.45, 2.75) is 13.0 Å². The lowest BCUT2D eigenvalue weighted by Crippen LogP contribution is -2.29. The van der Waals surface area contributed by atoms with Gasteiger partial charge in [0, 0.05) is 14.1 Å². The molecular formula is C7H12N4OS. The van der Waals surface area contributed by atoms with E-state index in [1.54, 1.807) is 25.6 Å². The van der Waals surface area contributed by atoms with Crippen molar-refractivity contribution in [3.05, 3.63) is 11.1 Å². The molecule has 1 atom stereocenters. The van der Waals surface area contributed by atoms with Crippen LogP contribution in [0.4, 0.5) is 0 Å². The predicted octanol–water partition coefficient (Wildman–Crippen LogP) is 0.590. The van der Waals surface area contributed by atoms with Gasteiger partial charge in [-0.2, -0.15) is 5.10 Å². The van der Waals surface area contributed by atoms with Crippen LogP contribution in [0.25, 0.3) is 0 Å². The fourth-order valence-electron chi connectivity index (χ4n) is 1.02. The van der Waals surface area contributed by atoms with Gasteiger partial charge in [0.15, 0.2) is 4.77 Å². The summed E-state index contributed by atoms with van der Waals surface area (Å²) >= 11 is 4.94. The molecule has 1 unspecified atom stereocenters. The summed E-state index contributed by atoms with van der Waals surface area (Å²) in [6.45, 7) is 1.79. The lowest BCUT2D eigenvalue weighted by molar-refractivity contribution is -0.131. The van der Waals surface area contributed by atoms with Crippen molar-refractivity contribution in [1.82, 2.24) is 19.7 Å². The summed E-state index contributed by atoms with van der Waals surface area (Å²) in [7, 11) is 3.42. The lowest BCUT2D eigenvalue weighted by atomic mass is 10.3. The summed E-state index contributed by atoms with van der Waals surface area (Å²) in [5, 5.41) is 6.35. The Kier molecular flexibility index (Phi) is 2.82. The largest absolute Gasteiger partial charge is 0.347 e. The van der Waals surface area contributed by atoms with Gasteiger partial charge in [0.1, 0.15) is 12.4 Å². The number of nitrogens with zero attached hydrogens (tertiary/aromatic N) is 3. The number of aromatic nitrogens is 3. The number of rotatable bonds is 2. The van der Waals surface area contributed by atoms with E-state index in [0.29, 0.717) is 4.77 Å². The molecule has 0 fully saturated rings. The van der Waals surface area contributed by atoms with E-state index >= 15 is 0 Å². The molecule has 1 amide bonds. The minimum Gasteiger partial charge on any atom is -0.347 e. The van der Waals surface area contributed by atoms with E-state index < -0.39 is 0 Å². The molecule has 1 aromatic rings. The predicted molar refractivity (Wildman–Crippen MR) is 50.8 cm³/mol. The molecule has 0 spiro atoms. The number of nitrogens with one attached hydrogen (secondary N) is 1. The first kappa shape index (κ1) is 9.91. The number of likely N-dealkylation sites (N-methyl/N-ethyl adjacent to an activating group) is 1. The van der Waals surface area contributed by atoms with Crippen LogP contribution in [0.2, 0.25) is 0 Å². The number of aromatic amines is 1. The molecule has 0 saturated carbocycles. The van der Waals surface area contributed by atoms with Crippen molar-refractivity contribution in [3.63, 3.8) is 0 Å². The highest BCUT2D eigenvalue weighted by atomic mass is 32.1. The minimum atomic E-state index is -0.304. The third kappa shape index (κ3) is 1.95. The van der Waals surface area contributed by atoms with E-state index in [2.05, 4.69) is 10.2 Å². The average Bonchev–Trinajstić information content (AvgIpc) is 2.48. The zero-order valence-corrected chi connectivity index (χ0v) is 8.63. The molecule has 6 heteroatoms. The second kappa shape index (κ2) is 3.69. The molecule has 1 N–H and O–H groups in total. The molecule has 1 rings (SSSR count). The number of hydrogen-bond acceptors (Lipinski definition) is 3. The zero-order chi connectivity index (χ0) is 10.0. The van der Waals surface area contributed by atoms with Crippen molar-refractivity contribution >= 4 is 18.1 Å². The van der Waals surface area contributed by atoms with Gasteiger partial charge in [-0.05, 0) is 19.1 Å². The second-order valence-corrected chi connectivity index (χ2v) is 3.36. The van der Waals surface area contributed by atoms with Crippen LogP contribution in [0, 0.1) is 4.77 Å². The van der Waals surface area contributed by atoms with Gasteiger partial charge < -0.3 is 4.90 Å². The molecule has 5 nitrogen and oxygen atoms in total. The van der Waals surface area contributed by atoms with Crippen molar-refractivity contribution in [3.8, 4) is 0 Å². The Labute approximate surface area is 81.4 Å². The van der Waals surface area contributed by atoms with E-state index in [1.807, 2.05) is 0 Å². The van der Waals surface area contributed by atoms with Crippen LogP contribution in [-0.4, -0.2) is 39.7 Å². The number of carbonyl (C=O) groups excluding carboxylic acids is 1. The Morgan fingerprint density at radius 2 is 2.38 bits per heavy atom. The quantitative estimate of drug-likeness (QED) is 0.711. The molecule has 13 heavy (non-hydrogen) atoms. The number of amides is 1. The minimum absolute atomic E-state index is 0.00231. The highest BCUT2D eigenvalue weighted by Gasteiger charge is 2.16. The summed E-state index contributed by atoms with van der Waals surface area (Å²) in [4.78, 5) is 13.0. The molecule has 0 aliphatic carbocycles. The lowest BCUT2D eigenvalue weighted by Gasteiger charge is -2.16. The maximum Gasteiger partial charge on any atom is 0.244 e. The second-order valence-electron chi connectivity index (χ2n) is 2.98. The SMILES string of the molecule is CC(C(=O)N(C)C)n1cn[nH]c1=S. The van der Waals surface area contributed by atoms with Gasteiger partial charge in [-0.1, -0.05) is 0 Å². The summed E-state index contributed by atoms with van der Waals surface area (Å²) < 4.78 is 2.08. The molecule has 1 heterocycles. The molecule has 1 aromatic heterocycles. The third-order valence-corrected chi connectivity index (χ3v) is 2.09. The van der Waals surface area contributed by atoms with Crippen molar-refractivity contribution in [2.24, 2.45) is 0 Å².